The van der Waals surface area contributed by atoms with Crippen molar-refractivity contribution >= 4 is 40.6 Å². The summed E-state index contributed by atoms with van der Waals surface area (Å²) in [5.74, 6) is 0.397. The molecule has 216 valence electrons. The van der Waals surface area contributed by atoms with Gasteiger partial charge in [0.2, 0.25) is 0 Å². The zero-order valence-corrected chi connectivity index (χ0v) is 25.4. The molecule has 3 heterocycles. The number of nitrogens with zero attached hydrogens (tertiary/aromatic N) is 5. The van der Waals surface area contributed by atoms with Gasteiger partial charge in [0, 0.05) is 17.7 Å². The van der Waals surface area contributed by atoms with Gasteiger partial charge in [0.15, 0.2) is 11.0 Å². The minimum Gasteiger partial charge on any atom is -0.345 e. The standard InChI is InChI=1S/C33H30N6O2S2/c1-22-13-15-24(16-14-22)28-19-27(29-12-7-17-42-29)37-39(28)31(40)21-43-33-36-35-30(38(33)26-10-4-3-5-11-26)20-34-32(41)25-9-6-8-23(2)18-25/h3-18,28H,19-21H2,1-2H3,(H,34,41). The monoisotopic (exact) mass is 606 g/mol. The summed E-state index contributed by atoms with van der Waals surface area (Å²) >= 11 is 2.93. The van der Waals surface area contributed by atoms with Gasteiger partial charge in [0.25, 0.3) is 11.8 Å². The highest BCUT2D eigenvalue weighted by Gasteiger charge is 2.33. The molecule has 1 atom stereocenters. The average Bonchev–Trinajstić information content (AvgIpc) is 3.80. The number of carbonyl (C=O) groups excluding carboxylic acids is 2. The molecule has 0 saturated heterocycles. The van der Waals surface area contributed by atoms with Gasteiger partial charge in [-0.05, 0) is 55.1 Å². The highest BCUT2D eigenvalue weighted by molar-refractivity contribution is 7.99. The molecule has 0 fully saturated rings. The molecule has 8 nitrogen and oxygen atoms in total. The molecule has 0 bridgehead atoms. The van der Waals surface area contributed by atoms with Crippen LogP contribution in [0.2, 0.25) is 0 Å². The summed E-state index contributed by atoms with van der Waals surface area (Å²) in [6, 6.07) is 29.3. The molecule has 43 heavy (non-hydrogen) atoms. The van der Waals surface area contributed by atoms with E-state index in [1.54, 1.807) is 22.4 Å². The lowest BCUT2D eigenvalue weighted by molar-refractivity contribution is -0.130. The molecule has 6 rings (SSSR count). The lowest BCUT2D eigenvalue weighted by Crippen LogP contribution is -2.28. The Morgan fingerprint density at radius 2 is 1.74 bits per heavy atom. The fourth-order valence-electron chi connectivity index (χ4n) is 4.96. The molecule has 1 N–H and O–H groups in total. The first-order chi connectivity index (χ1) is 21.0. The van der Waals surface area contributed by atoms with Gasteiger partial charge >= 0.3 is 0 Å². The van der Waals surface area contributed by atoms with Crippen LogP contribution in [0.15, 0.2) is 107 Å². The molecule has 0 saturated carbocycles. The van der Waals surface area contributed by atoms with E-state index in [2.05, 4.69) is 46.7 Å². The van der Waals surface area contributed by atoms with Gasteiger partial charge in [-0.2, -0.15) is 5.10 Å². The number of thiophene rings is 1. The van der Waals surface area contributed by atoms with Gasteiger partial charge in [-0.15, -0.1) is 21.5 Å². The summed E-state index contributed by atoms with van der Waals surface area (Å²) in [4.78, 5) is 27.6. The lowest BCUT2D eigenvalue weighted by atomic mass is 10.00. The smallest absolute Gasteiger partial charge is 0.253 e. The minimum atomic E-state index is -0.189. The average molecular weight is 607 g/mol. The van der Waals surface area contributed by atoms with E-state index in [0.717, 1.165) is 27.4 Å². The van der Waals surface area contributed by atoms with Crippen molar-refractivity contribution in [2.45, 2.75) is 38.0 Å². The second kappa shape index (κ2) is 12.8. The molecule has 2 aromatic heterocycles. The third-order valence-corrected chi connectivity index (χ3v) is 8.99. The Morgan fingerprint density at radius 3 is 2.49 bits per heavy atom. The molecule has 3 aromatic carbocycles. The topological polar surface area (TPSA) is 92.5 Å². The molecule has 1 aliphatic heterocycles. The van der Waals surface area contributed by atoms with E-state index in [1.165, 1.54) is 17.3 Å². The van der Waals surface area contributed by atoms with E-state index in [9.17, 15) is 9.59 Å². The van der Waals surface area contributed by atoms with E-state index in [1.807, 2.05) is 77.5 Å². The summed E-state index contributed by atoms with van der Waals surface area (Å²) in [6.45, 7) is 4.18. The Bertz CT molecular complexity index is 1760. The predicted octanol–water partition coefficient (Wildman–Crippen LogP) is 6.35. The number of nitrogens with one attached hydrogen (secondary N) is 1. The van der Waals surface area contributed by atoms with Crippen molar-refractivity contribution in [1.82, 2.24) is 25.1 Å². The van der Waals surface area contributed by atoms with Crippen molar-refractivity contribution in [3.8, 4) is 5.69 Å². The van der Waals surface area contributed by atoms with Crippen LogP contribution in [0.4, 0.5) is 0 Å². The van der Waals surface area contributed by atoms with Crippen molar-refractivity contribution < 1.29 is 9.59 Å². The molecule has 5 aromatic rings. The van der Waals surface area contributed by atoms with E-state index < -0.39 is 0 Å². The maximum atomic E-state index is 13.7. The molecule has 0 radical (unpaired) electrons. The number of carbonyl (C=O) groups is 2. The van der Waals surface area contributed by atoms with Crippen LogP contribution in [0, 0.1) is 13.8 Å². The number of rotatable bonds is 9. The van der Waals surface area contributed by atoms with Crippen molar-refractivity contribution in [2.24, 2.45) is 5.10 Å². The van der Waals surface area contributed by atoms with Gasteiger partial charge < -0.3 is 5.32 Å². The normalized spacial score (nSPS) is 14.5. The fourth-order valence-corrected chi connectivity index (χ4v) is 6.51. The van der Waals surface area contributed by atoms with Crippen LogP contribution in [-0.4, -0.2) is 43.1 Å². The largest absolute Gasteiger partial charge is 0.345 e. The molecule has 2 amide bonds. The van der Waals surface area contributed by atoms with Crippen LogP contribution >= 0.6 is 23.1 Å². The lowest BCUT2D eigenvalue weighted by Gasteiger charge is -2.22. The quantitative estimate of drug-likeness (QED) is 0.198. The number of aryl methyl sites for hydroxylation is 2. The van der Waals surface area contributed by atoms with E-state index in [0.29, 0.717) is 23.0 Å². The van der Waals surface area contributed by atoms with Crippen molar-refractivity contribution in [3.63, 3.8) is 0 Å². The molecular formula is C33H30N6O2S2. The Labute approximate surface area is 258 Å². The maximum Gasteiger partial charge on any atom is 0.253 e. The fraction of sp³-hybridized carbons (Fsp3) is 0.182. The highest BCUT2D eigenvalue weighted by Crippen LogP contribution is 2.35. The van der Waals surface area contributed by atoms with Crippen LogP contribution in [0.1, 0.15) is 50.2 Å². The zero-order valence-electron chi connectivity index (χ0n) is 23.8. The second-order valence-electron chi connectivity index (χ2n) is 10.3. The van der Waals surface area contributed by atoms with E-state index in [4.69, 9.17) is 5.10 Å². The molecule has 1 unspecified atom stereocenters. The first kappa shape index (κ1) is 28.6. The number of hydrogen-bond acceptors (Lipinski definition) is 7. The number of hydrogen-bond donors (Lipinski definition) is 1. The Kier molecular flexibility index (Phi) is 8.48. The Hall–Kier alpha value is -4.54. The second-order valence-corrected chi connectivity index (χ2v) is 12.2. The summed E-state index contributed by atoms with van der Waals surface area (Å²) < 4.78 is 1.89. The third kappa shape index (κ3) is 6.45. The summed E-state index contributed by atoms with van der Waals surface area (Å²) in [7, 11) is 0. The summed E-state index contributed by atoms with van der Waals surface area (Å²) in [6.07, 6.45) is 0.658. The van der Waals surface area contributed by atoms with Crippen LogP contribution in [-0.2, 0) is 11.3 Å². The van der Waals surface area contributed by atoms with Gasteiger partial charge in [-0.25, -0.2) is 5.01 Å². The van der Waals surface area contributed by atoms with Gasteiger partial charge in [0.1, 0.15) is 0 Å². The van der Waals surface area contributed by atoms with Crippen molar-refractivity contribution in [3.05, 3.63) is 129 Å². The first-order valence-corrected chi connectivity index (χ1v) is 15.8. The molecule has 1 aliphatic rings. The Balaban J connectivity index is 1.22. The van der Waals surface area contributed by atoms with E-state index >= 15 is 0 Å². The van der Waals surface area contributed by atoms with Crippen molar-refractivity contribution in [1.29, 1.82) is 0 Å². The minimum absolute atomic E-state index is 0.112. The number of aromatic nitrogens is 3. The number of benzene rings is 3. The first-order valence-electron chi connectivity index (χ1n) is 13.9. The SMILES string of the molecule is Cc1ccc(C2CC(c3cccs3)=NN2C(=O)CSc2nnc(CNC(=O)c3cccc(C)c3)n2-c2ccccc2)cc1. The molecule has 10 heteroatoms. The number of thioether (sulfide) groups is 1. The van der Waals surface area contributed by atoms with Crippen LogP contribution in [0.25, 0.3) is 5.69 Å². The van der Waals surface area contributed by atoms with Crippen molar-refractivity contribution in [2.75, 3.05) is 5.75 Å². The van der Waals surface area contributed by atoms with E-state index in [-0.39, 0.29) is 30.2 Å². The summed E-state index contributed by atoms with van der Waals surface area (Å²) in [5.41, 5.74) is 5.58. The van der Waals surface area contributed by atoms with Gasteiger partial charge in [0.05, 0.1) is 28.9 Å². The van der Waals surface area contributed by atoms with Crippen LogP contribution < -0.4 is 5.32 Å². The third-order valence-electron chi connectivity index (χ3n) is 7.16. The molecule has 0 spiro atoms. The van der Waals surface area contributed by atoms with Gasteiger partial charge in [-0.1, -0.05) is 83.6 Å². The zero-order chi connectivity index (χ0) is 29.8. The number of hydrazone groups is 1. The maximum absolute atomic E-state index is 13.7. The number of para-hydroxylation sites is 1. The molecule has 0 aliphatic carbocycles. The Morgan fingerprint density at radius 1 is 0.930 bits per heavy atom. The van der Waals surface area contributed by atoms with Gasteiger partial charge in [-0.3, -0.25) is 14.2 Å². The predicted molar refractivity (Wildman–Crippen MR) is 171 cm³/mol. The number of amides is 2. The summed E-state index contributed by atoms with van der Waals surface area (Å²) in [5, 5.41) is 20.8. The van der Waals surface area contributed by atoms with Crippen LogP contribution in [0.5, 0.6) is 0 Å². The van der Waals surface area contributed by atoms with Crippen LogP contribution in [0.3, 0.4) is 0 Å². The molecular weight excluding hydrogens is 577 g/mol. The highest BCUT2D eigenvalue weighted by atomic mass is 32.2.